The van der Waals surface area contributed by atoms with E-state index in [4.69, 9.17) is 0 Å². The molecule has 2 saturated carbocycles. The van der Waals surface area contributed by atoms with E-state index in [9.17, 15) is 4.79 Å². The molecule has 1 N–H and O–H groups in total. The normalized spacial score (nSPS) is 35.3. The summed E-state index contributed by atoms with van der Waals surface area (Å²) < 4.78 is 0. The van der Waals surface area contributed by atoms with Crippen molar-refractivity contribution in [2.45, 2.75) is 95.1 Å². The van der Waals surface area contributed by atoms with Crippen LogP contribution in [0.4, 0.5) is 0 Å². The van der Waals surface area contributed by atoms with E-state index in [1.54, 1.807) is 0 Å². The molecule has 2 bridgehead atoms. The van der Waals surface area contributed by atoms with E-state index in [2.05, 4.69) is 20.0 Å². The standard InChI is InChI=1S/C25H38N4O/c30-25(22-14-21(26-27-22)18-9-10-18)28-15-19-13-20(16-28)24(12-17-6-2-1-3-7-17)29-11-5-4-8-23(19)29/h14,17-20,23-24H,1-13,15-16H2,(H,26,27)/t19-,20+,23+,24+/m1/s1. The topological polar surface area (TPSA) is 52.2 Å². The number of amides is 1. The minimum Gasteiger partial charge on any atom is -0.337 e. The molecule has 164 valence electrons. The van der Waals surface area contributed by atoms with Crippen molar-refractivity contribution >= 4 is 5.91 Å². The van der Waals surface area contributed by atoms with Crippen molar-refractivity contribution in [2.75, 3.05) is 19.6 Å². The molecule has 0 spiro atoms. The van der Waals surface area contributed by atoms with Crippen LogP contribution in [0.3, 0.4) is 0 Å². The Morgan fingerprint density at radius 2 is 1.80 bits per heavy atom. The Labute approximate surface area is 181 Å². The highest BCUT2D eigenvalue weighted by Crippen LogP contribution is 2.44. The molecule has 0 radical (unpaired) electrons. The predicted octanol–water partition coefficient (Wildman–Crippen LogP) is 4.57. The molecule has 2 aliphatic carbocycles. The van der Waals surface area contributed by atoms with Gasteiger partial charge in [-0.3, -0.25) is 14.8 Å². The first-order valence-electron chi connectivity index (χ1n) is 12.9. The molecule has 1 aromatic heterocycles. The van der Waals surface area contributed by atoms with E-state index >= 15 is 0 Å². The van der Waals surface area contributed by atoms with Crippen LogP contribution in [0.5, 0.6) is 0 Å². The Morgan fingerprint density at radius 1 is 1.00 bits per heavy atom. The highest BCUT2D eigenvalue weighted by Gasteiger charge is 2.48. The van der Waals surface area contributed by atoms with Crippen molar-refractivity contribution < 1.29 is 4.79 Å². The predicted molar refractivity (Wildman–Crippen MR) is 117 cm³/mol. The first-order chi connectivity index (χ1) is 14.8. The van der Waals surface area contributed by atoms with Gasteiger partial charge in [0.2, 0.25) is 0 Å². The molecule has 30 heavy (non-hydrogen) atoms. The average Bonchev–Trinajstić information content (AvgIpc) is 3.53. The van der Waals surface area contributed by atoms with Crippen molar-refractivity contribution in [2.24, 2.45) is 17.8 Å². The summed E-state index contributed by atoms with van der Waals surface area (Å²) in [7, 11) is 0. The molecule has 1 aromatic rings. The lowest BCUT2D eigenvalue weighted by atomic mass is 9.69. The van der Waals surface area contributed by atoms with Crippen LogP contribution < -0.4 is 0 Å². The first-order valence-corrected chi connectivity index (χ1v) is 12.9. The van der Waals surface area contributed by atoms with Gasteiger partial charge >= 0.3 is 0 Å². The molecular formula is C25H38N4O. The Balaban J connectivity index is 1.21. The second-order valence-electron chi connectivity index (χ2n) is 11.1. The molecular weight excluding hydrogens is 372 g/mol. The molecule has 4 heterocycles. The third kappa shape index (κ3) is 3.61. The van der Waals surface area contributed by atoms with E-state index < -0.39 is 0 Å². The number of hydrogen-bond donors (Lipinski definition) is 1. The van der Waals surface area contributed by atoms with Crippen molar-refractivity contribution in [1.29, 1.82) is 0 Å². The number of likely N-dealkylation sites (tertiary alicyclic amines) is 1. The molecule has 5 nitrogen and oxygen atoms in total. The van der Waals surface area contributed by atoms with Crippen LogP contribution in [-0.4, -0.2) is 57.6 Å². The average molecular weight is 411 g/mol. The number of carbonyl (C=O) groups excluding carboxylic acids is 1. The monoisotopic (exact) mass is 410 g/mol. The van der Waals surface area contributed by atoms with Gasteiger partial charge in [0.05, 0.1) is 0 Å². The third-order valence-corrected chi connectivity index (χ3v) is 9.04. The third-order valence-electron chi connectivity index (χ3n) is 9.04. The molecule has 5 heteroatoms. The Morgan fingerprint density at radius 3 is 2.63 bits per heavy atom. The van der Waals surface area contributed by atoms with Gasteiger partial charge in [0.1, 0.15) is 5.69 Å². The van der Waals surface area contributed by atoms with Crippen LogP contribution in [0.25, 0.3) is 0 Å². The maximum Gasteiger partial charge on any atom is 0.274 e. The zero-order chi connectivity index (χ0) is 20.1. The lowest BCUT2D eigenvalue weighted by Gasteiger charge is -2.57. The summed E-state index contributed by atoms with van der Waals surface area (Å²) >= 11 is 0. The summed E-state index contributed by atoms with van der Waals surface area (Å²) in [5.41, 5.74) is 1.82. The lowest BCUT2D eigenvalue weighted by Crippen LogP contribution is -2.64. The number of hydrogen-bond acceptors (Lipinski definition) is 3. The number of aromatic amines is 1. The molecule has 0 aromatic carbocycles. The number of nitrogens with one attached hydrogen (secondary N) is 1. The van der Waals surface area contributed by atoms with Crippen LogP contribution in [0, 0.1) is 17.8 Å². The van der Waals surface area contributed by atoms with E-state index in [0.717, 1.165) is 19.0 Å². The Hall–Kier alpha value is -1.36. The molecule has 5 aliphatic rings. The largest absolute Gasteiger partial charge is 0.337 e. The van der Waals surface area contributed by atoms with Crippen molar-refractivity contribution in [3.8, 4) is 0 Å². The van der Waals surface area contributed by atoms with Crippen LogP contribution in [0.15, 0.2) is 6.07 Å². The fourth-order valence-electron chi connectivity index (χ4n) is 7.37. The first kappa shape index (κ1) is 19.3. The molecule has 6 rings (SSSR count). The van der Waals surface area contributed by atoms with Crippen LogP contribution in [-0.2, 0) is 0 Å². The SMILES string of the molecule is O=C(c1cc(C2CC2)[nH]n1)N1C[C@H]2C[C@@H](C1)[C@H](CC1CCCCC1)N1CCCC[C@@H]21. The minimum atomic E-state index is 0.175. The van der Waals surface area contributed by atoms with Gasteiger partial charge in [-0.15, -0.1) is 0 Å². The molecule has 0 unspecified atom stereocenters. The maximum atomic E-state index is 13.4. The Bertz CT molecular complexity index is 765. The number of rotatable bonds is 4. The summed E-state index contributed by atoms with van der Waals surface area (Å²) in [6.45, 7) is 3.19. The summed E-state index contributed by atoms with van der Waals surface area (Å²) in [6.07, 6.45) is 16.5. The number of carbonyl (C=O) groups is 1. The number of nitrogens with zero attached hydrogens (tertiary/aromatic N) is 3. The molecule has 4 atom stereocenters. The van der Waals surface area contributed by atoms with E-state index in [1.807, 2.05) is 6.07 Å². The maximum absolute atomic E-state index is 13.4. The molecule has 1 amide bonds. The molecule has 3 aliphatic heterocycles. The van der Waals surface area contributed by atoms with Gasteiger partial charge in [-0.25, -0.2) is 0 Å². The Kier molecular flexibility index (Phi) is 5.13. The zero-order valence-electron chi connectivity index (χ0n) is 18.4. The van der Waals surface area contributed by atoms with Crippen molar-refractivity contribution in [3.63, 3.8) is 0 Å². The second kappa shape index (κ2) is 7.96. The minimum absolute atomic E-state index is 0.175. The van der Waals surface area contributed by atoms with Gasteiger partial charge in [-0.1, -0.05) is 38.5 Å². The van der Waals surface area contributed by atoms with Crippen molar-refractivity contribution in [1.82, 2.24) is 20.0 Å². The van der Waals surface area contributed by atoms with Crippen LogP contribution in [0.1, 0.15) is 99.2 Å². The van der Waals surface area contributed by atoms with Crippen molar-refractivity contribution in [3.05, 3.63) is 17.5 Å². The van der Waals surface area contributed by atoms with Gasteiger partial charge in [0.15, 0.2) is 0 Å². The smallest absolute Gasteiger partial charge is 0.274 e. The number of fused-ring (bicyclic) bond motifs is 4. The van der Waals surface area contributed by atoms with Crippen LogP contribution >= 0.6 is 0 Å². The summed E-state index contributed by atoms with van der Waals surface area (Å²) in [5, 5.41) is 7.55. The van der Waals surface area contributed by atoms with Gasteiger partial charge in [0, 0.05) is 36.8 Å². The second-order valence-corrected chi connectivity index (χ2v) is 11.1. The highest BCUT2D eigenvalue weighted by atomic mass is 16.2. The summed E-state index contributed by atoms with van der Waals surface area (Å²) in [5.74, 6) is 3.04. The highest BCUT2D eigenvalue weighted by molar-refractivity contribution is 5.92. The van der Waals surface area contributed by atoms with Gasteiger partial charge < -0.3 is 4.90 Å². The number of aromatic nitrogens is 2. The lowest BCUT2D eigenvalue weighted by molar-refractivity contribution is -0.0726. The molecule has 3 saturated heterocycles. The van der Waals surface area contributed by atoms with E-state index in [1.165, 1.54) is 89.3 Å². The van der Waals surface area contributed by atoms with Gasteiger partial charge in [-0.05, 0) is 68.9 Å². The van der Waals surface area contributed by atoms with Gasteiger partial charge in [0.25, 0.3) is 5.91 Å². The van der Waals surface area contributed by atoms with Crippen LogP contribution in [0.2, 0.25) is 0 Å². The molecule has 5 fully saturated rings. The van der Waals surface area contributed by atoms with Gasteiger partial charge in [-0.2, -0.15) is 5.10 Å². The van der Waals surface area contributed by atoms with E-state index in [-0.39, 0.29) is 5.91 Å². The zero-order valence-corrected chi connectivity index (χ0v) is 18.4. The number of piperidine rings is 3. The summed E-state index contributed by atoms with van der Waals surface area (Å²) in [6, 6.07) is 3.45. The number of H-pyrrole nitrogens is 1. The fourth-order valence-corrected chi connectivity index (χ4v) is 7.37. The van der Waals surface area contributed by atoms with E-state index in [0.29, 0.717) is 35.5 Å². The fraction of sp³-hybridized carbons (Fsp3) is 0.840. The quantitative estimate of drug-likeness (QED) is 0.791. The summed E-state index contributed by atoms with van der Waals surface area (Å²) in [4.78, 5) is 18.5.